The van der Waals surface area contributed by atoms with Gasteiger partial charge in [0.2, 0.25) is 0 Å². The Kier molecular flexibility index (Phi) is 6.35. The molecule has 2 aliphatic rings. The lowest BCUT2D eigenvalue weighted by molar-refractivity contribution is -0.143. The molecule has 1 saturated heterocycles. The van der Waals surface area contributed by atoms with Crippen LogP contribution in [0.2, 0.25) is 0 Å². The van der Waals surface area contributed by atoms with Crippen molar-refractivity contribution < 1.29 is 14.7 Å². The number of carbonyl (C=O) groups excluding carboxylic acids is 1. The monoisotopic (exact) mass is 381 g/mol. The molecule has 1 aromatic rings. The summed E-state index contributed by atoms with van der Waals surface area (Å²) < 4.78 is 0. The number of carbonyl (C=O) groups is 2. The van der Waals surface area contributed by atoms with Crippen molar-refractivity contribution in [2.45, 2.75) is 51.5 Å². The lowest BCUT2D eigenvalue weighted by atomic mass is 9.89. The molecule has 148 valence electrons. The van der Waals surface area contributed by atoms with Gasteiger partial charge in [-0.2, -0.15) is 5.26 Å². The summed E-state index contributed by atoms with van der Waals surface area (Å²) in [7, 11) is 0. The first kappa shape index (κ1) is 19.9. The van der Waals surface area contributed by atoms with Crippen molar-refractivity contribution in [3.8, 4) is 6.07 Å². The summed E-state index contributed by atoms with van der Waals surface area (Å²) >= 11 is 0. The van der Waals surface area contributed by atoms with E-state index in [1.54, 1.807) is 6.20 Å². The summed E-state index contributed by atoms with van der Waals surface area (Å²) in [6, 6.07) is 8.18. The van der Waals surface area contributed by atoms with Crippen LogP contribution < -0.4 is 5.32 Å². The molecule has 3 rings (SSSR count). The van der Waals surface area contributed by atoms with Gasteiger partial charge in [0.05, 0.1) is 12.0 Å². The zero-order chi connectivity index (χ0) is 20.1. The van der Waals surface area contributed by atoms with Gasteiger partial charge >= 0.3 is 5.97 Å². The largest absolute Gasteiger partial charge is 0.481 e. The molecule has 0 aromatic heterocycles. The highest BCUT2D eigenvalue weighted by molar-refractivity contribution is 5.97. The molecule has 0 spiro atoms. The second-order valence-electron chi connectivity index (χ2n) is 7.73. The second kappa shape index (κ2) is 8.92. The van der Waals surface area contributed by atoms with Crippen LogP contribution in [-0.2, 0) is 22.4 Å². The van der Waals surface area contributed by atoms with Crippen LogP contribution in [0, 0.1) is 17.2 Å². The quantitative estimate of drug-likeness (QED) is 0.604. The molecule has 1 heterocycles. The van der Waals surface area contributed by atoms with Gasteiger partial charge in [0.25, 0.3) is 5.91 Å². The summed E-state index contributed by atoms with van der Waals surface area (Å²) in [6.45, 7) is 3.00. The van der Waals surface area contributed by atoms with Crippen molar-refractivity contribution in [3.05, 3.63) is 46.7 Å². The van der Waals surface area contributed by atoms with Gasteiger partial charge in [-0.3, -0.25) is 9.59 Å². The van der Waals surface area contributed by atoms with Gasteiger partial charge in [-0.1, -0.05) is 18.2 Å². The topological polar surface area (TPSA) is 93.4 Å². The number of hydrogen-bond donors (Lipinski definition) is 2. The van der Waals surface area contributed by atoms with Crippen LogP contribution in [0.15, 0.2) is 30.0 Å². The summed E-state index contributed by atoms with van der Waals surface area (Å²) in [6.07, 6.45) is 7.26. The van der Waals surface area contributed by atoms with Crippen molar-refractivity contribution in [3.63, 3.8) is 0 Å². The number of rotatable bonds is 5. The number of benzene rings is 1. The highest BCUT2D eigenvalue weighted by Gasteiger charge is 2.24. The van der Waals surface area contributed by atoms with Gasteiger partial charge in [0.15, 0.2) is 0 Å². The highest BCUT2D eigenvalue weighted by atomic mass is 16.4. The normalized spacial score (nSPS) is 18.7. The van der Waals surface area contributed by atoms with Crippen molar-refractivity contribution in [1.82, 2.24) is 10.2 Å². The van der Waals surface area contributed by atoms with E-state index < -0.39 is 11.9 Å². The molecule has 1 aliphatic carbocycles. The number of nitrogens with zero attached hydrogens (tertiary/aromatic N) is 2. The van der Waals surface area contributed by atoms with Crippen molar-refractivity contribution in [1.29, 1.82) is 5.26 Å². The van der Waals surface area contributed by atoms with Crippen LogP contribution >= 0.6 is 0 Å². The maximum absolute atomic E-state index is 12.6. The van der Waals surface area contributed by atoms with Crippen LogP contribution in [0.5, 0.6) is 0 Å². The van der Waals surface area contributed by atoms with Crippen molar-refractivity contribution in [2.24, 2.45) is 5.92 Å². The molecule has 1 unspecified atom stereocenters. The summed E-state index contributed by atoms with van der Waals surface area (Å²) in [4.78, 5) is 25.5. The number of carboxylic acids is 1. The molecular formula is C22H27N3O3. The third-order valence-electron chi connectivity index (χ3n) is 5.78. The third kappa shape index (κ3) is 4.72. The van der Waals surface area contributed by atoms with E-state index in [4.69, 9.17) is 5.11 Å². The Morgan fingerprint density at radius 2 is 1.93 bits per heavy atom. The van der Waals surface area contributed by atoms with E-state index in [0.717, 1.165) is 18.4 Å². The first-order valence-corrected chi connectivity index (χ1v) is 9.99. The standard InChI is InChI=1S/C22H27N3O3/c1-15(18-7-6-16-4-2-3-5-19(16)12-18)24-21(26)20(13-23)14-25-10-8-17(9-11-25)22(27)28/h6-7,12,14-15,17H,2-5,8-11H2,1H3,(H,24,26)(H,27,28)/b20-14-. The van der Waals surface area contributed by atoms with Crippen molar-refractivity contribution >= 4 is 11.9 Å². The van der Waals surface area contributed by atoms with E-state index >= 15 is 0 Å². The third-order valence-corrected chi connectivity index (χ3v) is 5.78. The molecular weight excluding hydrogens is 354 g/mol. The van der Waals surface area contributed by atoms with E-state index in [0.29, 0.717) is 25.9 Å². The van der Waals surface area contributed by atoms with Crippen LogP contribution in [0.25, 0.3) is 0 Å². The number of carboxylic acid groups (broad SMARTS) is 1. The molecule has 1 atom stereocenters. The number of hydrogen-bond acceptors (Lipinski definition) is 4. The maximum Gasteiger partial charge on any atom is 0.306 e. The molecule has 1 fully saturated rings. The fraction of sp³-hybridized carbons (Fsp3) is 0.500. The predicted octanol–water partition coefficient (Wildman–Crippen LogP) is 2.95. The Bertz CT molecular complexity index is 817. The SMILES string of the molecule is CC(NC(=O)/C(C#N)=C\N1CCC(C(=O)O)CC1)c1ccc2c(c1)CCCC2. The number of piperidine rings is 1. The Labute approximate surface area is 165 Å². The average Bonchev–Trinajstić information content (AvgIpc) is 2.71. The van der Waals surface area contributed by atoms with Gasteiger partial charge in [0, 0.05) is 19.3 Å². The number of amides is 1. The van der Waals surface area contributed by atoms with Gasteiger partial charge < -0.3 is 15.3 Å². The molecule has 1 aromatic carbocycles. The minimum atomic E-state index is -0.777. The summed E-state index contributed by atoms with van der Waals surface area (Å²) in [5.74, 6) is -1.51. The number of aryl methyl sites for hydroxylation is 2. The first-order valence-electron chi connectivity index (χ1n) is 9.99. The molecule has 0 radical (unpaired) electrons. The van der Waals surface area contributed by atoms with E-state index in [9.17, 15) is 14.9 Å². The number of likely N-dealkylation sites (tertiary alicyclic amines) is 1. The summed E-state index contributed by atoms with van der Waals surface area (Å²) in [5, 5.41) is 21.4. The molecule has 6 nitrogen and oxygen atoms in total. The minimum Gasteiger partial charge on any atom is -0.481 e. The fourth-order valence-electron chi connectivity index (χ4n) is 3.98. The fourth-order valence-corrected chi connectivity index (χ4v) is 3.98. The lowest BCUT2D eigenvalue weighted by Gasteiger charge is -2.29. The predicted molar refractivity (Wildman–Crippen MR) is 105 cm³/mol. The molecule has 28 heavy (non-hydrogen) atoms. The van der Waals surface area contributed by atoms with E-state index in [-0.39, 0.29) is 17.5 Å². The maximum atomic E-state index is 12.6. The highest BCUT2D eigenvalue weighted by Crippen LogP contribution is 2.25. The summed E-state index contributed by atoms with van der Waals surface area (Å²) in [5.41, 5.74) is 3.87. The number of aliphatic carboxylic acids is 1. The zero-order valence-electron chi connectivity index (χ0n) is 16.3. The Morgan fingerprint density at radius 3 is 2.57 bits per heavy atom. The molecule has 0 saturated carbocycles. The van der Waals surface area contributed by atoms with Gasteiger partial charge in [0.1, 0.15) is 11.6 Å². The van der Waals surface area contributed by atoms with Crippen molar-refractivity contribution in [2.75, 3.05) is 13.1 Å². The van der Waals surface area contributed by atoms with Gasteiger partial charge in [-0.15, -0.1) is 0 Å². The molecule has 2 N–H and O–H groups in total. The molecule has 0 bridgehead atoms. The van der Waals surface area contributed by atoms with E-state index in [1.165, 1.54) is 24.0 Å². The number of nitriles is 1. The number of nitrogens with one attached hydrogen (secondary N) is 1. The van der Waals surface area contributed by atoms with E-state index in [2.05, 4.69) is 23.5 Å². The first-order chi connectivity index (χ1) is 13.5. The van der Waals surface area contributed by atoms with Crippen LogP contribution in [0.3, 0.4) is 0 Å². The average molecular weight is 381 g/mol. The van der Waals surface area contributed by atoms with Crippen LogP contribution in [0.1, 0.15) is 55.3 Å². The second-order valence-corrected chi connectivity index (χ2v) is 7.73. The van der Waals surface area contributed by atoms with Gasteiger partial charge in [-0.05, 0) is 62.1 Å². The van der Waals surface area contributed by atoms with Crippen LogP contribution in [-0.4, -0.2) is 35.0 Å². The molecule has 1 aliphatic heterocycles. The lowest BCUT2D eigenvalue weighted by Crippen LogP contribution is -2.34. The number of fused-ring (bicyclic) bond motifs is 1. The Hall–Kier alpha value is -2.81. The minimum absolute atomic E-state index is 0.0542. The zero-order valence-corrected chi connectivity index (χ0v) is 16.3. The van der Waals surface area contributed by atoms with Gasteiger partial charge in [-0.25, -0.2) is 0 Å². The van der Waals surface area contributed by atoms with E-state index in [1.807, 2.05) is 17.9 Å². The van der Waals surface area contributed by atoms with Crippen LogP contribution in [0.4, 0.5) is 0 Å². The molecule has 6 heteroatoms. The Morgan fingerprint density at radius 1 is 1.25 bits per heavy atom. The molecule has 1 amide bonds. The smallest absolute Gasteiger partial charge is 0.306 e. The Balaban J connectivity index is 1.62.